The molecule has 6 aliphatic rings. The monoisotopic (exact) mass is 556 g/mol. The Morgan fingerprint density at radius 3 is 2.41 bits per heavy atom. The fourth-order valence-corrected chi connectivity index (χ4v) is 7.87. The summed E-state index contributed by atoms with van der Waals surface area (Å²) >= 11 is 0. The normalized spacial score (nSPS) is 27.0. The Hall–Kier alpha value is -3.46. The van der Waals surface area contributed by atoms with E-state index in [9.17, 15) is 9.59 Å². The average Bonchev–Trinajstić information content (AvgIpc) is 2.86. The van der Waals surface area contributed by atoms with Crippen molar-refractivity contribution in [3.05, 3.63) is 59.8 Å². The van der Waals surface area contributed by atoms with Gasteiger partial charge in [0, 0.05) is 49.9 Å². The van der Waals surface area contributed by atoms with Crippen LogP contribution in [0.1, 0.15) is 75.2 Å². The first-order chi connectivity index (χ1) is 19.7. The Morgan fingerprint density at radius 2 is 1.80 bits per heavy atom. The number of amides is 2. The van der Waals surface area contributed by atoms with Crippen molar-refractivity contribution < 1.29 is 14.3 Å². The van der Waals surface area contributed by atoms with E-state index < -0.39 is 0 Å². The predicted molar refractivity (Wildman–Crippen MR) is 156 cm³/mol. The molecule has 2 saturated heterocycles. The molecular formula is C32H40N6O3. The molecule has 2 aromatic rings. The fraction of sp³-hybridized carbons (Fsp3) is 0.562. The van der Waals surface area contributed by atoms with Gasteiger partial charge in [-0.05, 0) is 75.0 Å². The van der Waals surface area contributed by atoms with E-state index in [1.54, 1.807) is 11.1 Å². The number of hydrogen-bond donors (Lipinski definition) is 1. The van der Waals surface area contributed by atoms with E-state index in [-0.39, 0.29) is 36.1 Å². The topological polar surface area (TPSA) is 90.9 Å². The van der Waals surface area contributed by atoms with Crippen LogP contribution in [0.25, 0.3) is 0 Å². The highest BCUT2D eigenvalue weighted by molar-refractivity contribution is 5.89. The summed E-state index contributed by atoms with van der Waals surface area (Å²) in [6, 6.07) is 9.40. The zero-order valence-electron chi connectivity index (χ0n) is 24.3. The highest BCUT2D eigenvalue weighted by Gasteiger charge is 2.59. The first-order valence-corrected chi connectivity index (χ1v) is 15.0. The summed E-state index contributed by atoms with van der Waals surface area (Å²) in [5, 5.41) is 3.43. The van der Waals surface area contributed by atoms with Gasteiger partial charge in [0.25, 0.3) is 0 Å². The Kier molecular flexibility index (Phi) is 6.15. The molecule has 9 heteroatoms. The van der Waals surface area contributed by atoms with Gasteiger partial charge in [0.2, 0.25) is 11.9 Å². The third kappa shape index (κ3) is 4.49. The van der Waals surface area contributed by atoms with Crippen LogP contribution in [0.5, 0.6) is 0 Å². The van der Waals surface area contributed by atoms with Gasteiger partial charge in [0.1, 0.15) is 12.4 Å². The molecule has 1 spiro atoms. The molecule has 2 amide bonds. The number of nitrogens with one attached hydrogen (secondary N) is 1. The van der Waals surface area contributed by atoms with E-state index in [1.807, 2.05) is 18.7 Å². The van der Waals surface area contributed by atoms with Crippen LogP contribution in [0.2, 0.25) is 0 Å². The third-order valence-corrected chi connectivity index (χ3v) is 10.1. The molecule has 4 heterocycles. The molecule has 3 aliphatic carbocycles. The lowest BCUT2D eigenvalue weighted by atomic mass is 9.42. The number of cyclic esters (lactones) is 1. The number of ether oxygens (including phenoxy) is 1. The Balaban J connectivity index is 1.04. The molecule has 9 nitrogen and oxygen atoms in total. The minimum atomic E-state index is -0.373. The number of anilines is 2. The molecule has 1 N–H and O–H groups in total. The van der Waals surface area contributed by atoms with Crippen LogP contribution in [0.4, 0.5) is 16.6 Å². The van der Waals surface area contributed by atoms with Crippen LogP contribution in [0.3, 0.4) is 0 Å². The van der Waals surface area contributed by atoms with E-state index in [0.717, 1.165) is 43.2 Å². The number of nitrogens with zero attached hydrogens (tertiary/aromatic N) is 5. The standard InChI is InChI=1S/C32H40N6O3/c1-5-27(39)37-18-32(19-37)16-36(17-32)26(13-31-10-22(11-31)12-31)24-8-6-23(7-9-24)21(4)34-29-33-14-25-15-41-30(40)38(20(2)3)28(25)35-29/h5-9,14,20-22,26H,1,10-13,15-19H2,2-4H3,(H,33,34,35)/t21-,22?,26?,31?/m0/s1. The maximum Gasteiger partial charge on any atom is 0.416 e. The quantitative estimate of drug-likeness (QED) is 0.431. The summed E-state index contributed by atoms with van der Waals surface area (Å²) in [7, 11) is 0. The molecular weight excluding hydrogens is 516 g/mol. The zero-order chi connectivity index (χ0) is 28.5. The van der Waals surface area contributed by atoms with Crippen molar-refractivity contribution in [3.8, 4) is 0 Å². The number of benzene rings is 1. The SMILES string of the molecule is C=CC(=O)N1CC2(C1)CN(C(CC13CC(C1)C3)c1ccc([C@H](C)Nc3ncc4c(n3)N(C(C)C)C(=O)OC4)cc1)C2. The molecule has 216 valence electrons. The van der Waals surface area contributed by atoms with Crippen molar-refractivity contribution in [2.24, 2.45) is 16.7 Å². The van der Waals surface area contributed by atoms with Crippen molar-refractivity contribution in [3.63, 3.8) is 0 Å². The molecule has 5 fully saturated rings. The average molecular weight is 557 g/mol. The fourth-order valence-electron chi connectivity index (χ4n) is 7.87. The first-order valence-electron chi connectivity index (χ1n) is 15.0. The summed E-state index contributed by atoms with van der Waals surface area (Å²) in [5.74, 6) is 2.14. The summed E-state index contributed by atoms with van der Waals surface area (Å²) in [5.41, 5.74) is 4.18. The van der Waals surface area contributed by atoms with Gasteiger partial charge < -0.3 is 15.0 Å². The van der Waals surface area contributed by atoms with Crippen LogP contribution in [0.15, 0.2) is 43.1 Å². The molecule has 0 radical (unpaired) electrons. The van der Waals surface area contributed by atoms with Crippen LogP contribution in [0, 0.1) is 16.7 Å². The van der Waals surface area contributed by atoms with E-state index >= 15 is 0 Å². The van der Waals surface area contributed by atoms with Gasteiger partial charge in [-0.3, -0.25) is 14.6 Å². The smallest absolute Gasteiger partial charge is 0.416 e. The van der Waals surface area contributed by atoms with Crippen LogP contribution in [-0.2, 0) is 16.1 Å². The van der Waals surface area contributed by atoms with Crippen LogP contribution in [-0.4, -0.2) is 64.0 Å². The van der Waals surface area contributed by atoms with Crippen LogP contribution < -0.4 is 10.2 Å². The molecule has 3 saturated carbocycles. The summed E-state index contributed by atoms with van der Waals surface area (Å²) in [6.45, 7) is 13.7. The minimum absolute atomic E-state index is 0.00292. The van der Waals surface area contributed by atoms with E-state index in [1.165, 1.54) is 37.3 Å². The van der Waals surface area contributed by atoms with Crippen molar-refractivity contribution >= 4 is 23.8 Å². The van der Waals surface area contributed by atoms with Gasteiger partial charge in [-0.15, -0.1) is 0 Å². The maximum absolute atomic E-state index is 12.3. The van der Waals surface area contributed by atoms with Gasteiger partial charge in [-0.1, -0.05) is 30.8 Å². The van der Waals surface area contributed by atoms with Gasteiger partial charge >= 0.3 is 6.09 Å². The number of fused-ring (bicyclic) bond motifs is 1. The third-order valence-electron chi connectivity index (χ3n) is 10.1. The maximum atomic E-state index is 12.3. The number of likely N-dealkylation sites (tertiary alicyclic amines) is 2. The van der Waals surface area contributed by atoms with E-state index in [4.69, 9.17) is 9.72 Å². The van der Waals surface area contributed by atoms with Gasteiger partial charge in [0.05, 0.1) is 11.6 Å². The molecule has 1 unspecified atom stereocenters. The second kappa shape index (κ2) is 9.54. The number of hydrogen-bond acceptors (Lipinski definition) is 7. The van der Waals surface area contributed by atoms with Crippen molar-refractivity contribution in [2.45, 2.75) is 71.2 Å². The lowest BCUT2D eigenvalue weighted by Gasteiger charge is -2.66. The molecule has 1 aromatic heterocycles. The van der Waals surface area contributed by atoms with E-state index in [0.29, 0.717) is 23.2 Å². The Bertz CT molecular complexity index is 1360. The summed E-state index contributed by atoms with van der Waals surface area (Å²) < 4.78 is 5.28. The first kappa shape index (κ1) is 26.4. The van der Waals surface area contributed by atoms with Gasteiger partial charge in [-0.2, -0.15) is 4.98 Å². The van der Waals surface area contributed by atoms with Gasteiger partial charge in [0.15, 0.2) is 0 Å². The van der Waals surface area contributed by atoms with Crippen molar-refractivity contribution in [1.29, 1.82) is 0 Å². The molecule has 41 heavy (non-hydrogen) atoms. The van der Waals surface area contributed by atoms with E-state index in [2.05, 4.69) is 53.0 Å². The molecule has 8 rings (SSSR count). The predicted octanol–water partition coefficient (Wildman–Crippen LogP) is 5.08. The molecule has 1 aromatic carbocycles. The number of aromatic nitrogens is 2. The van der Waals surface area contributed by atoms with Crippen LogP contribution >= 0.6 is 0 Å². The largest absolute Gasteiger partial charge is 0.444 e. The second-order valence-electron chi connectivity index (χ2n) is 13.6. The number of carbonyl (C=O) groups excluding carboxylic acids is 2. The van der Waals surface area contributed by atoms with Crippen molar-refractivity contribution in [1.82, 2.24) is 19.8 Å². The lowest BCUT2D eigenvalue weighted by Crippen LogP contribution is -2.73. The zero-order valence-corrected chi connectivity index (χ0v) is 24.3. The Morgan fingerprint density at radius 1 is 1.12 bits per heavy atom. The highest BCUT2D eigenvalue weighted by Crippen LogP contribution is 2.68. The Labute approximate surface area is 242 Å². The van der Waals surface area contributed by atoms with Crippen molar-refractivity contribution in [2.75, 3.05) is 36.4 Å². The summed E-state index contributed by atoms with van der Waals surface area (Å²) in [4.78, 5) is 39.7. The molecule has 3 aliphatic heterocycles. The molecule has 2 atom stereocenters. The molecule has 2 bridgehead atoms. The summed E-state index contributed by atoms with van der Waals surface area (Å²) in [6.07, 6.45) is 8.23. The second-order valence-corrected chi connectivity index (χ2v) is 13.6. The number of rotatable bonds is 9. The highest BCUT2D eigenvalue weighted by atomic mass is 16.6. The minimum Gasteiger partial charge on any atom is -0.444 e. The number of carbonyl (C=O) groups is 2. The van der Waals surface area contributed by atoms with Gasteiger partial charge in [-0.25, -0.2) is 9.78 Å². The lowest BCUT2D eigenvalue weighted by molar-refractivity contribution is -0.172.